The van der Waals surface area contributed by atoms with E-state index in [-0.39, 0.29) is 18.5 Å². The summed E-state index contributed by atoms with van der Waals surface area (Å²) < 4.78 is 5.50. The summed E-state index contributed by atoms with van der Waals surface area (Å²) in [7, 11) is 0. The van der Waals surface area contributed by atoms with Gasteiger partial charge in [0.15, 0.2) is 0 Å². The van der Waals surface area contributed by atoms with Gasteiger partial charge in [0.25, 0.3) is 0 Å². The Hall–Kier alpha value is -1.40. The molecule has 0 rings (SSSR count). The molecule has 0 fully saturated rings. The van der Waals surface area contributed by atoms with Crippen molar-refractivity contribution < 1.29 is 24.5 Å². The molecule has 1 amide bonds. The molecule has 0 spiro atoms. The lowest BCUT2D eigenvalue weighted by atomic mass is 10.0. The zero-order valence-corrected chi connectivity index (χ0v) is 49.6. The third kappa shape index (κ3) is 59.7. The van der Waals surface area contributed by atoms with Crippen LogP contribution in [-0.2, 0) is 14.3 Å². The Morgan fingerprint density at radius 3 is 0.973 bits per heavy atom. The van der Waals surface area contributed by atoms with Crippen LogP contribution in [0.25, 0.3) is 0 Å². The molecule has 0 aliphatic heterocycles. The van der Waals surface area contributed by atoms with Gasteiger partial charge >= 0.3 is 5.97 Å². The number of carbonyl (C=O) groups is 2. The maximum Gasteiger partial charge on any atom is 0.305 e. The molecular weight excluding hydrogens is 899 g/mol. The Balaban J connectivity index is 3.35. The van der Waals surface area contributed by atoms with Crippen molar-refractivity contribution >= 4 is 11.9 Å². The van der Waals surface area contributed by atoms with Gasteiger partial charge in [-0.15, -0.1) is 0 Å². The molecule has 0 aliphatic rings. The number of ether oxygens (including phenoxy) is 1. The average Bonchev–Trinajstić information content (AvgIpc) is 3.39. The van der Waals surface area contributed by atoms with Crippen molar-refractivity contribution in [3.8, 4) is 0 Å². The molecule has 2 atom stereocenters. The van der Waals surface area contributed by atoms with Crippen LogP contribution < -0.4 is 5.32 Å². The molecule has 6 nitrogen and oxygen atoms in total. The number of aliphatic hydroxyl groups excluding tert-OH is 2. The second-order valence-corrected chi connectivity index (χ2v) is 23.2. The van der Waals surface area contributed by atoms with Crippen LogP contribution in [0.4, 0.5) is 0 Å². The van der Waals surface area contributed by atoms with Gasteiger partial charge in [-0.2, -0.15) is 0 Å². The highest BCUT2D eigenvalue weighted by atomic mass is 16.5. The van der Waals surface area contributed by atoms with Gasteiger partial charge in [0.2, 0.25) is 5.91 Å². The van der Waals surface area contributed by atoms with Crippen LogP contribution in [0.5, 0.6) is 0 Å². The fourth-order valence-corrected chi connectivity index (χ4v) is 10.7. The second-order valence-electron chi connectivity index (χ2n) is 23.2. The van der Waals surface area contributed by atoms with E-state index in [9.17, 15) is 19.8 Å². The molecule has 0 aliphatic carbocycles. The van der Waals surface area contributed by atoms with Gasteiger partial charge < -0.3 is 20.3 Å². The second kappa shape index (κ2) is 63.1. The molecule has 0 radical (unpaired) electrons. The number of esters is 1. The smallest absolute Gasteiger partial charge is 0.305 e. The highest BCUT2D eigenvalue weighted by molar-refractivity contribution is 5.76. The molecule has 2 unspecified atom stereocenters. The van der Waals surface area contributed by atoms with Crippen molar-refractivity contribution in [2.75, 3.05) is 13.2 Å². The van der Waals surface area contributed by atoms with Crippen molar-refractivity contribution in [1.29, 1.82) is 0 Å². The van der Waals surface area contributed by atoms with Crippen molar-refractivity contribution in [3.05, 3.63) is 12.2 Å². The molecule has 0 saturated carbocycles. The van der Waals surface area contributed by atoms with Gasteiger partial charge in [-0.05, 0) is 51.4 Å². The lowest BCUT2D eigenvalue weighted by Crippen LogP contribution is -2.45. The Bertz CT molecular complexity index is 1100. The molecular formula is C67H131NO5. The first-order valence-corrected chi connectivity index (χ1v) is 33.4. The number of hydrogen-bond donors (Lipinski definition) is 3. The summed E-state index contributed by atoms with van der Waals surface area (Å²) >= 11 is 0. The number of amides is 1. The molecule has 0 aromatic carbocycles. The Morgan fingerprint density at radius 1 is 0.370 bits per heavy atom. The summed E-state index contributed by atoms with van der Waals surface area (Å²) in [5.41, 5.74) is 0. The lowest BCUT2D eigenvalue weighted by molar-refractivity contribution is -0.143. The minimum absolute atomic E-state index is 0.0125. The predicted octanol–water partition coefficient (Wildman–Crippen LogP) is 21.2. The normalized spacial score (nSPS) is 12.5. The quantitative estimate of drug-likeness (QED) is 0.0320. The Morgan fingerprint density at radius 2 is 0.644 bits per heavy atom. The Kier molecular flexibility index (Phi) is 61.9. The number of unbranched alkanes of at least 4 members (excludes halogenated alkanes) is 50. The van der Waals surface area contributed by atoms with Crippen LogP contribution >= 0.6 is 0 Å². The van der Waals surface area contributed by atoms with Crippen LogP contribution in [0.1, 0.15) is 380 Å². The molecule has 6 heteroatoms. The van der Waals surface area contributed by atoms with E-state index in [1.807, 2.05) is 0 Å². The summed E-state index contributed by atoms with van der Waals surface area (Å²) in [5.74, 6) is -0.0190. The van der Waals surface area contributed by atoms with E-state index in [1.165, 1.54) is 302 Å². The number of nitrogens with one attached hydrogen (secondary N) is 1. The first kappa shape index (κ1) is 71.6. The average molecular weight is 1030 g/mol. The van der Waals surface area contributed by atoms with Crippen LogP contribution in [-0.4, -0.2) is 47.4 Å². The topological polar surface area (TPSA) is 95.9 Å². The third-order valence-electron chi connectivity index (χ3n) is 15.8. The maximum atomic E-state index is 12.5. The Labute approximate surface area is 457 Å². The summed E-state index contributed by atoms with van der Waals surface area (Å²) in [6.45, 7) is 4.98. The SMILES string of the molecule is CCCCCCCCC/C=C\CCCCCCCCCC(=O)OCCCCCCCCCCCCCCCCCCCCCCCCCC(=O)NC(CO)C(O)CCCCCCCCCCCCCCCCC. The number of carbonyl (C=O) groups excluding carboxylic acids is 2. The predicted molar refractivity (Wildman–Crippen MR) is 320 cm³/mol. The van der Waals surface area contributed by atoms with E-state index < -0.39 is 12.1 Å². The van der Waals surface area contributed by atoms with Crippen molar-refractivity contribution in [3.63, 3.8) is 0 Å². The first-order valence-electron chi connectivity index (χ1n) is 33.4. The molecule has 0 aromatic heterocycles. The molecule has 73 heavy (non-hydrogen) atoms. The van der Waals surface area contributed by atoms with Gasteiger partial charge in [-0.1, -0.05) is 328 Å². The monoisotopic (exact) mass is 1030 g/mol. The summed E-state index contributed by atoms with van der Waals surface area (Å²) in [6, 6.07) is -0.540. The van der Waals surface area contributed by atoms with Crippen molar-refractivity contribution in [2.24, 2.45) is 0 Å². The number of rotatable bonds is 63. The minimum Gasteiger partial charge on any atom is -0.466 e. The van der Waals surface area contributed by atoms with Gasteiger partial charge in [0, 0.05) is 12.8 Å². The van der Waals surface area contributed by atoms with E-state index in [4.69, 9.17) is 4.74 Å². The van der Waals surface area contributed by atoms with Crippen LogP contribution in [0.2, 0.25) is 0 Å². The van der Waals surface area contributed by atoms with Gasteiger partial charge in [0.05, 0.1) is 25.4 Å². The maximum absolute atomic E-state index is 12.5. The number of allylic oxidation sites excluding steroid dienone is 2. The van der Waals surface area contributed by atoms with Crippen molar-refractivity contribution in [2.45, 2.75) is 392 Å². The summed E-state index contributed by atoms with van der Waals surface area (Å²) in [6.07, 6.45) is 76.7. The molecule has 0 heterocycles. The molecule has 3 N–H and O–H groups in total. The van der Waals surface area contributed by atoms with E-state index in [2.05, 4.69) is 31.3 Å². The van der Waals surface area contributed by atoms with Gasteiger partial charge in [-0.3, -0.25) is 9.59 Å². The molecule has 434 valence electrons. The number of aliphatic hydroxyl groups is 2. The largest absolute Gasteiger partial charge is 0.466 e. The summed E-state index contributed by atoms with van der Waals surface area (Å²) in [5, 5.41) is 23.3. The lowest BCUT2D eigenvalue weighted by Gasteiger charge is -2.22. The van der Waals surface area contributed by atoms with E-state index in [0.29, 0.717) is 25.9 Å². The highest BCUT2D eigenvalue weighted by Crippen LogP contribution is 2.19. The van der Waals surface area contributed by atoms with Gasteiger partial charge in [0.1, 0.15) is 0 Å². The van der Waals surface area contributed by atoms with Crippen LogP contribution in [0, 0.1) is 0 Å². The fourth-order valence-electron chi connectivity index (χ4n) is 10.7. The number of hydrogen-bond acceptors (Lipinski definition) is 5. The molecule has 0 aromatic rings. The van der Waals surface area contributed by atoms with E-state index in [0.717, 1.165) is 44.9 Å². The van der Waals surface area contributed by atoms with Gasteiger partial charge in [-0.25, -0.2) is 0 Å². The van der Waals surface area contributed by atoms with E-state index in [1.54, 1.807) is 0 Å². The standard InChI is InChI=1S/C67H131NO5/c1-3-5-7-9-11-13-15-17-19-20-29-33-37-41-45-49-53-57-61-67(72)73-62-58-54-50-46-42-38-34-30-27-25-23-21-22-24-26-28-32-36-40-44-48-52-56-60-66(71)68-64(63-69)65(70)59-55-51-47-43-39-35-31-18-16-14-12-10-8-6-4-2/h19-20,64-65,69-70H,3-18,21-63H2,1-2H3,(H,68,71)/b20-19-. The van der Waals surface area contributed by atoms with E-state index >= 15 is 0 Å². The molecule has 0 bridgehead atoms. The van der Waals surface area contributed by atoms with Crippen molar-refractivity contribution in [1.82, 2.24) is 5.32 Å². The fraction of sp³-hybridized carbons (Fsp3) is 0.940. The summed E-state index contributed by atoms with van der Waals surface area (Å²) in [4.78, 5) is 24.6. The zero-order chi connectivity index (χ0) is 52.9. The zero-order valence-electron chi connectivity index (χ0n) is 49.6. The van der Waals surface area contributed by atoms with Crippen LogP contribution in [0.15, 0.2) is 12.2 Å². The third-order valence-corrected chi connectivity index (χ3v) is 15.8. The minimum atomic E-state index is -0.663. The highest BCUT2D eigenvalue weighted by Gasteiger charge is 2.20. The molecule has 0 saturated heterocycles. The van der Waals surface area contributed by atoms with Crippen LogP contribution in [0.3, 0.4) is 0 Å². The first-order chi connectivity index (χ1) is 36.0.